The van der Waals surface area contributed by atoms with E-state index < -0.39 is 12.2 Å². The van der Waals surface area contributed by atoms with Crippen LogP contribution in [0.15, 0.2) is 23.5 Å². The van der Waals surface area contributed by atoms with Crippen molar-refractivity contribution in [3.05, 3.63) is 23.5 Å². The van der Waals surface area contributed by atoms with Crippen LogP contribution in [0.2, 0.25) is 0 Å². The average molecular weight is 467 g/mol. The van der Waals surface area contributed by atoms with Gasteiger partial charge in [-0.05, 0) is 44.1 Å². The first-order valence-electron chi connectivity index (χ1n) is 13.6. The van der Waals surface area contributed by atoms with Crippen LogP contribution < -0.4 is 0 Å². The van der Waals surface area contributed by atoms with E-state index in [1.165, 1.54) is 5.57 Å². The van der Waals surface area contributed by atoms with E-state index >= 15 is 0 Å². The van der Waals surface area contributed by atoms with Crippen molar-refractivity contribution < 1.29 is 24.5 Å². The fourth-order valence-electron chi connectivity index (χ4n) is 4.20. The molecular weight excluding hydrogens is 416 g/mol. The second-order valence-electron chi connectivity index (χ2n) is 9.38. The van der Waals surface area contributed by atoms with Crippen LogP contribution in [-0.2, 0) is 14.3 Å². The second-order valence-corrected chi connectivity index (χ2v) is 9.38. The van der Waals surface area contributed by atoms with Gasteiger partial charge in [-0.25, -0.2) is 0 Å². The third kappa shape index (κ3) is 13.2. The Hall–Kier alpha value is -1.33. The molecule has 0 saturated carbocycles. The lowest BCUT2D eigenvalue weighted by Gasteiger charge is -2.16. The zero-order valence-corrected chi connectivity index (χ0v) is 21.5. The predicted octanol–water partition coefficient (Wildman–Crippen LogP) is 6.62. The highest BCUT2D eigenvalue weighted by molar-refractivity contribution is 5.69. The molecule has 1 rings (SSSR count). The first-order chi connectivity index (χ1) is 16.0. The van der Waals surface area contributed by atoms with Crippen molar-refractivity contribution in [1.82, 2.24) is 0 Å². The molecule has 1 aliphatic carbocycles. The van der Waals surface area contributed by atoms with Crippen LogP contribution in [0.3, 0.4) is 0 Å². The molecule has 0 saturated heterocycles. The number of carbonyl (C=O) groups is 1. The maximum absolute atomic E-state index is 11.7. The Kier molecular flexibility index (Phi) is 17.1. The van der Waals surface area contributed by atoms with E-state index in [0.29, 0.717) is 26.1 Å². The summed E-state index contributed by atoms with van der Waals surface area (Å²) in [4.78, 5) is 11.7. The smallest absolute Gasteiger partial charge is 0.305 e. The van der Waals surface area contributed by atoms with Gasteiger partial charge < -0.3 is 19.7 Å². The van der Waals surface area contributed by atoms with Gasteiger partial charge in [0.1, 0.15) is 0 Å². The fourth-order valence-corrected chi connectivity index (χ4v) is 4.20. The number of hydrogen-bond acceptors (Lipinski definition) is 5. The Balaban J connectivity index is 2.53. The molecule has 0 spiro atoms. The van der Waals surface area contributed by atoms with Crippen LogP contribution in [0, 0.1) is 5.92 Å². The number of hydrogen-bond donors (Lipinski definition) is 2. The third-order valence-corrected chi connectivity index (χ3v) is 6.33. The van der Waals surface area contributed by atoms with E-state index in [2.05, 4.69) is 20.8 Å². The van der Waals surface area contributed by atoms with E-state index in [1.807, 2.05) is 12.2 Å². The zero-order chi connectivity index (χ0) is 24.3. The normalized spacial score (nSPS) is 19.4. The van der Waals surface area contributed by atoms with Gasteiger partial charge in [-0.1, -0.05) is 77.9 Å². The van der Waals surface area contributed by atoms with Crippen LogP contribution in [0.25, 0.3) is 0 Å². The molecule has 0 aromatic carbocycles. The van der Waals surface area contributed by atoms with E-state index in [0.717, 1.165) is 89.2 Å². The number of esters is 1. The average Bonchev–Trinajstić information content (AvgIpc) is 3.09. The molecule has 0 heterocycles. The van der Waals surface area contributed by atoms with Gasteiger partial charge in [0.15, 0.2) is 0 Å². The number of carbonyl (C=O) groups excluding carboxylic acids is 1. The van der Waals surface area contributed by atoms with Crippen molar-refractivity contribution in [3.8, 4) is 0 Å². The minimum atomic E-state index is -0.478. The van der Waals surface area contributed by atoms with E-state index in [9.17, 15) is 15.0 Å². The van der Waals surface area contributed by atoms with Gasteiger partial charge in [-0.2, -0.15) is 0 Å². The van der Waals surface area contributed by atoms with Crippen molar-refractivity contribution in [1.29, 1.82) is 0 Å². The zero-order valence-electron chi connectivity index (χ0n) is 21.5. The van der Waals surface area contributed by atoms with Crippen LogP contribution in [-0.4, -0.2) is 41.6 Å². The summed E-state index contributed by atoms with van der Waals surface area (Å²) in [5.74, 6) is 0.793. The van der Waals surface area contributed by atoms with Crippen LogP contribution >= 0.6 is 0 Å². The Morgan fingerprint density at radius 3 is 2.39 bits per heavy atom. The molecule has 0 unspecified atom stereocenters. The molecule has 0 amide bonds. The minimum Gasteiger partial charge on any atom is -0.498 e. The number of unbranched alkanes of at least 4 members (excludes halogenated alkanes) is 7. The monoisotopic (exact) mass is 466 g/mol. The minimum absolute atomic E-state index is 0.0732. The molecular formula is C28H50O5. The quantitative estimate of drug-likeness (QED) is 0.120. The van der Waals surface area contributed by atoms with Crippen LogP contribution in [0.1, 0.15) is 117 Å². The molecule has 0 aromatic heterocycles. The molecule has 2 N–H and O–H groups in total. The number of rotatable bonds is 20. The molecule has 1 aliphatic rings. The predicted molar refractivity (Wildman–Crippen MR) is 135 cm³/mol. The lowest BCUT2D eigenvalue weighted by Crippen LogP contribution is -2.15. The van der Waals surface area contributed by atoms with Crippen LogP contribution in [0.4, 0.5) is 0 Å². The van der Waals surface area contributed by atoms with Gasteiger partial charge in [0.05, 0.1) is 31.2 Å². The molecule has 0 aromatic rings. The summed E-state index contributed by atoms with van der Waals surface area (Å²) in [6.45, 7) is 7.62. The van der Waals surface area contributed by atoms with Gasteiger partial charge in [0, 0.05) is 18.8 Å². The molecule has 3 atom stereocenters. The lowest BCUT2D eigenvalue weighted by atomic mass is 9.93. The molecule has 0 radical (unpaired) electrons. The molecule has 5 nitrogen and oxygen atoms in total. The number of aliphatic hydroxyl groups is 2. The summed E-state index contributed by atoms with van der Waals surface area (Å²) >= 11 is 0. The Bertz CT molecular complexity index is 569. The van der Waals surface area contributed by atoms with Gasteiger partial charge in [-0.3, -0.25) is 4.79 Å². The Morgan fingerprint density at radius 1 is 0.970 bits per heavy atom. The molecule has 33 heavy (non-hydrogen) atoms. The Labute approximate surface area is 202 Å². The highest BCUT2D eigenvalue weighted by Gasteiger charge is 2.32. The van der Waals surface area contributed by atoms with Crippen molar-refractivity contribution in [3.63, 3.8) is 0 Å². The summed E-state index contributed by atoms with van der Waals surface area (Å²) in [7, 11) is 0. The highest BCUT2D eigenvalue weighted by Crippen LogP contribution is 2.37. The van der Waals surface area contributed by atoms with E-state index in [1.54, 1.807) is 0 Å². The summed E-state index contributed by atoms with van der Waals surface area (Å²) in [6, 6.07) is 0. The van der Waals surface area contributed by atoms with E-state index in [4.69, 9.17) is 9.47 Å². The topological polar surface area (TPSA) is 76.0 Å². The summed E-state index contributed by atoms with van der Waals surface area (Å²) < 4.78 is 11.3. The van der Waals surface area contributed by atoms with Gasteiger partial charge in [0.2, 0.25) is 0 Å². The first-order valence-corrected chi connectivity index (χ1v) is 13.6. The van der Waals surface area contributed by atoms with Gasteiger partial charge >= 0.3 is 5.97 Å². The summed E-state index contributed by atoms with van der Waals surface area (Å²) in [6.07, 6.45) is 16.9. The largest absolute Gasteiger partial charge is 0.498 e. The number of ether oxygens (including phenoxy) is 2. The SMILES string of the molecule is CCCCC[C@H](O)/C=C/[C@@H]1C(CCCCCCC(=O)OCCCC)=C(OCCCC)C[C@H]1O. The second kappa shape index (κ2) is 19.0. The van der Waals surface area contributed by atoms with Gasteiger partial charge in [-0.15, -0.1) is 0 Å². The van der Waals surface area contributed by atoms with E-state index in [-0.39, 0.29) is 11.9 Å². The maximum Gasteiger partial charge on any atom is 0.305 e. The highest BCUT2D eigenvalue weighted by atomic mass is 16.5. The molecule has 0 bridgehead atoms. The lowest BCUT2D eigenvalue weighted by molar-refractivity contribution is -0.143. The maximum atomic E-state index is 11.7. The van der Waals surface area contributed by atoms with Crippen molar-refractivity contribution in [2.24, 2.45) is 5.92 Å². The molecule has 192 valence electrons. The number of aliphatic hydroxyl groups excluding tert-OH is 2. The molecule has 5 heteroatoms. The fraction of sp³-hybridized carbons (Fsp3) is 0.821. The van der Waals surface area contributed by atoms with Gasteiger partial charge in [0.25, 0.3) is 0 Å². The standard InChI is InChI=1S/C28H50O5/c1-4-7-12-15-23(29)18-19-24-25(27(22-26(24)30)32-20-8-5-2)16-13-10-11-14-17-28(31)33-21-9-6-3/h18-19,23-24,26,29-30H,4-17,20-22H2,1-3H3/b19-18+/t23-,24+,26+/m0/s1. The first kappa shape index (κ1) is 29.7. The van der Waals surface area contributed by atoms with Crippen LogP contribution in [0.5, 0.6) is 0 Å². The molecule has 0 fully saturated rings. The van der Waals surface area contributed by atoms with Crippen molar-refractivity contribution >= 4 is 5.97 Å². The Morgan fingerprint density at radius 2 is 1.67 bits per heavy atom. The summed E-state index contributed by atoms with van der Waals surface area (Å²) in [5, 5.41) is 21.0. The van der Waals surface area contributed by atoms with Crippen molar-refractivity contribution in [2.45, 2.75) is 129 Å². The van der Waals surface area contributed by atoms with Crippen molar-refractivity contribution in [2.75, 3.05) is 13.2 Å². The third-order valence-electron chi connectivity index (χ3n) is 6.33. The summed E-state index contributed by atoms with van der Waals surface area (Å²) in [5.41, 5.74) is 1.19. The molecule has 0 aliphatic heterocycles.